The molecule has 1 heterocycles. The minimum absolute atomic E-state index is 0.609. The van der Waals surface area contributed by atoms with Crippen LogP contribution in [-0.2, 0) is 4.74 Å². The first-order valence-electron chi connectivity index (χ1n) is 5.27. The maximum Gasteiger partial charge on any atom is 0.0575 e. The Balaban J connectivity index is 1.49. The van der Waals surface area contributed by atoms with Crippen LogP contribution >= 0.6 is 0 Å². The molecule has 0 atom stereocenters. The minimum atomic E-state index is 0.609. The molecule has 1 saturated heterocycles. The van der Waals surface area contributed by atoms with Crippen molar-refractivity contribution in [2.45, 2.75) is 38.2 Å². The molecule has 1 saturated carbocycles. The van der Waals surface area contributed by atoms with E-state index in [1.165, 1.54) is 45.2 Å². The van der Waals surface area contributed by atoms with Gasteiger partial charge >= 0.3 is 0 Å². The molecule has 0 radical (unpaired) electrons. The van der Waals surface area contributed by atoms with E-state index in [1.54, 1.807) is 0 Å². The Morgan fingerprint density at radius 2 is 1.92 bits per heavy atom. The second-order valence-electron chi connectivity index (χ2n) is 4.09. The zero-order valence-electron chi connectivity index (χ0n) is 7.72. The smallest absolute Gasteiger partial charge is 0.0575 e. The van der Waals surface area contributed by atoms with E-state index in [0.29, 0.717) is 6.10 Å². The molecule has 2 heteroatoms. The molecule has 0 aromatic heterocycles. The van der Waals surface area contributed by atoms with Gasteiger partial charge in [-0.05, 0) is 38.3 Å². The van der Waals surface area contributed by atoms with Crippen molar-refractivity contribution in [3.63, 3.8) is 0 Å². The van der Waals surface area contributed by atoms with Crippen LogP contribution in [0.5, 0.6) is 0 Å². The molecule has 0 aromatic rings. The summed E-state index contributed by atoms with van der Waals surface area (Å²) in [6.07, 6.45) is 7.26. The highest BCUT2D eigenvalue weighted by Crippen LogP contribution is 2.21. The van der Waals surface area contributed by atoms with Crippen LogP contribution < -0.4 is 5.32 Å². The average molecular weight is 169 g/mol. The Morgan fingerprint density at radius 1 is 1.17 bits per heavy atom. The molecule has 0 unspecified atom stereocenters. The van der Waals surface area contributed by atoms with Gasteiger partial charge in [-0.3, -0.25) is 0 Å². The number of hydrogen-bond donors (Lipinski definition) is 1. The van der Waals surface area contributed by atoms with Gasteiger partial charge in [0.25, 0.3) is 0 Å². The molecule has 2 aliphatic rings. The quantitative estimate of drug-likeness (QED) is 0.689. The van der Waals surface area contributed by atoms with Gasteiger partial charge in [0.15, 0.2) is 0 Å². The van der Waals surface area contributed by atoms with Crippen molar-refractivity contribution in [1.82, 2.24) is 5.32 Å². The zero-order valence-corrected chi connectivity index (χ0v) is 7.72. The lowest BCUT2D eigenvalue weighted by Gasteiger charge is -2.27. The highest BCUT2D eigenvalue weighted by molar-refractivity contribution is 4.74. The van der Waals surface area contributed by atoms with Gasteiger partial charge in [0.2, 0.25) is 0 Å². The van der Waals surface area contributed by atoms with E-state index in [4.69, 9.17) is 4.74 Å². The summed E-state index contributed by atoms with van der Waals surface area (Å²) < 4.78 is 5.78. The molecular weight excluding hydrogens is 150 g/mol. The van der Waals surface area contributed by atoms with Crippen LogP contribution in [0.3, 0.4) is 0 Å². The number of hydrogen-bond acceptors (Lipinski definition) is 2. The van der Waals surface area contributed by atoms with Crippen LogP contribution in [0.1, 0.15) is 32.1 Å². The fourth-order valence-corrected chi connectivity index (χ4v) is 2.01. The summed E-state index contributed by atoms with van der Waals surface area (Å²) >= 11 is 0. The van der Waals surface area contributed by atoms with E-state index in [2.05, 4.69) is 5.32 Å². The van der Waals surface area contributed by atoms with Crippen molar-refractivity contribution in [2.75, 3.05) is 19.7 Å². The molecular formula is C10H19NO. The molecule has 2 fully saturated rings. The number of nitrogens with one attached hydrogen (secondary N) is 1. The predicted molar refractivity (Wildman–Crippen MR) is 49.2 cm³/mol. The Morgan fingerprint density at radius 3 is 2.50 bits per heavy atom. The van der Waals surface area contributed by atoms with Gasteiger partial charge < -0.3 is 10.1 Å². The lowest BCUT2D eigenvalue weighted by molar-refractivity contribution is 0.0450. The topological polar surface area (TPSA) is 21.3 Å². The lowest BCUT2D eigenvalue weighted by atomic mass is 10.0. The highest BCUT2D eigenvalue weighted by atomic mass is 16.5. The second-order valence-corrected chi connectivity index (χ2v) is 4.09. The number of ether oxygens (including phenoxy) is 1. The summed E-state index contributed by atoms with van der Waals surface area (Å²) in [5.74, 6) is 0.909. The molecule has 1 aliphatic heterocycles. The molecule has 0 amide bonds. The van der Waals surface area contributed by atoms with Crippen molar-refractivity contribution < 1.29 is 4.74 Å². The van der Waals surface area contributed by atoms with E-state index in [9.17, 15) is 0 Å². The van der Waals surface area contributed by atoms with Crippen molar-refractivity contribution in [3.8, 4) is 0 Å². The lowest BCUT2D eigenvalue weighted by Crippen LogP contribution is -2.42. The Hall–Kier alpha value is -0.0800. The fourth-order valence-electron chi connectivity index (χ4n) is 2.01. The van der Waals surface area contributed by atoms with Gasteiger partial charge in [-0.2, -0.15) is 0 Å². The van der Waals surface area contributed by atoms with E-state index in [0.717, 1.165) is 12.5 Å². The monoisotopic (exact) mass is 169 g/mol. The zero-order chi connectivity index (χ0) is 8.23. The first-order valence-corrected chi connectivity index (χ1v) is 5.27. The summed E-state index contributed by atoms with van der Waals surface area (Å²) in [6, 6.07) is 0. The summed E-state index contributed by atoms with van der Waals surface area (Å²) in [6.45, 7) is 3.43. The maximum atomic E-state index is 5.78. The van der Waals surface area contributed by atoms with Crippen LogP contribution in [0, 0.1) is 5.92 Å². The molecule has 0 aromatic carbocycles. The molecule has 12 heavy (non-hydrogen) atoms. The van der Waals surface area contributed by atoms with E-state index in [1.807, 2.05) is 0 Å². The molecule has 0 bridgehead atoms. The maximum absolute atomic E-state index is 5.78. The molecule has 70 valence electrons. The third-order valence-corrected chi connectivity index (χ3v) is 3.05. The molecule has 1 aliphatic carbocycles. The van der Waals surface area contributed by atoms with Gasteiger partial charge in [-0.1, -0.05) is 12.8 Å². The van der Waals surface area contributed by atoms with Gasteiger partial charge in [0.1, 0.15) is 0 Å². The van der Waals surface area contributed by atoms with E-state index in [-0.39, 0.29) is 0 Å². The van der Waals surface area contributed by atoms with Crippen LogP contribution in [-0.4, -0.2) is 25.8 Å². The van der Waals surface area contributed by atoms with Gasteiger partial charge in [0, 0.05) is 6.61 Å². The van der Waals surface area contributed by atoms with E-state index >= 15 is 0 Å². The third kappa shape index (κ3) is 2.20. The molecule has 2 nitrogen and oxygen atoms in total. The van der Waals surface area contributed by atoms with Crippen LogP contribution in [0.4, 0.5) is 0 Å². The molecule has 0 spiro atoms. The SMILES string of the molecule is C1CCC(OCCC2CNC2)C1. The highest BCUT2D eigenvalue weighted by Gasteiger charge is 2.18. The van der Waals surface area contributed by atoms with Crippen LogP contribution in [0.2, 0.25) is 0 Å². The number of rotatable bonds is 4. The molecule has 2 rings (SSSR count). The Bertz CT molecular complexity index is 128. The summed E-state index contributed by atoms with van der Waals surface area (Å²) in [7, 11) is 0. The first-order chi connectivity index (χ1) is 5.95. The summed E-state index contributed by atoms with van der Waals surface area (Å²) in [5, 5.41) is 3.28. The van der Waals surface area contributed by atoms with Crippen molar-refractivity contribution in [3.05, 3.63) is 0 Å². The minimum Gasteiger partial charge on any atom is -0.378 e. The Kier molecular flexibility index (Phi) is 3.01. The molecule has 1 N–H and O–H groups in total. The third-order valence-electron chi connectivity index (χ3n) is 3.05. The van der Waals surface area contributed by atoms with Gasteiger partial charge in [-0.15, -0.1) is 0 Å². The van der Waals surface area contributed by atoms with Crippen LogP contribution in [0.25, 0.3) is 0 Å². The normalized spacial score (nSPS) is 26.0. The Labute approximate surface area is 74.7 Å². The average Bonchev–Trinajstić information content (AvgIpc) is 2.46. The largest absolute Gasteiger partial charge is 0.378 e. The second kappa shape index (κ2) is 4.24. The summed E-state index contributed by atoms with van der Waals surface area (Å²) in [5.41, 5.74) is 0. The van der Waals surface area contributed by atoms with Crippen molar-refractivity contribution >= 4 is 0 Å². The summed E-state index contributed by atoms with van der Waals surface area (Å²) in [4.78, 5) is 0. The fraction of sp³-hybridized carbons (Fsp3) is 1.00. The van der Waals surface area contributed by atoms with Crippen LogP contribution in [0.15, 0.2) is 0 Å². The van der Waals surface area contributed by atoms with Gasteiger partial charge in [0.05, 0.1) is 6.10 Å². The van der Waals surface area contributed by atoms with Crippen molar-refractivity contribution in [2.24, 2.45) is 5.92 Å². The van der Waals surface area contributed by atoms with Gasteiger partial charge in [-0.25, -0.2) is 0 Å². The van der Waals surface area contributed by atoms with Crippen molar-refractivity contribution in [1.29, 1.82) is 0 Å². The standard InChI is InChI=1S/C10H19NO/c1-2-4-10(3-1)12-6-5-9-7-11-8-9/h9-11H,1-8H2. The first kappa shape index (κ1) is 8.52. The predicted octanol–water partition coefficient (Wildman–Crippen LogP) is 1.56. The van der Waals surface area contributed by atoms with E-state index < -0.39 is 0 Å².